The van der Waals surface area contributed by atoms with Crippen molar-refractivity contribution in [3.05, 3.63) is 28.8 Å². The molecule has 1 atom stereocenters. The fourth-order valence-electron chi connectivity index (χ4n) is 3.00. The molecule has 1 aromatic rings. The SMILES string of the molecule is CCNCc1ccc(N2CCCC(CC)CC2)c(Cl)c1. The summed E-state index contributed by atoms with van der Waals surface area (Å²) in [6.45, 7) is 8.60. The Morgan fingerprint density at radius 2 is 2.10 bits per heavy atom. The summed E-state index contributed by atoms with van der Waals surface area (Å²) < 4.78 is 0. The molecule has 3 heteroatoms. The molecule has 1 aliphatic heterocycles. The van der Waals surface area contributed by atoms with Crippen LogP contribution in [0.1, 0.15) is 45.1 Å². The molecule has 1 saturated heterocycles. The lowest BCUT2D eigenvalue weighted by Gasteiger charge is -2.24. The summed E-state index contributed by atoms with van der Waals surface area (Å²) >= 11 is 6.50. The highest BCUT2D eigenvalue weighted by molar-refractivity contribution is 6.33. The zero-order chi connectivity index (χ0) is 14.4. The number of anilines is 1. The molecule has 1 aromatic carbocycles. The van der Waals surface area contributed by atoms with Gasteiger partial charge >= 0.3 is 0 Å². The second-order valence-corrected chi connectivity index (χ2v) is 6.17. The first-order chi connectivity index (χ1) is 9.74. The lowest BCUT2D eigenvalue weighted by atomic mass is 9.98. The van der Waals surface area contributed by atoms with Crippen molar-refractivity contribution in [2.75, 3.05) is 24.5 Å². The first kappa shape index (κ1) is 15.7. The molecule has 1 unspecified atom stereocenters. The van der Waals surface area contributed by atoms with Crippen LogP contribution in [0.15, 0.2) is 18.2 Å². The fraction of sp³-hybridized carbons (Fsp3) is 0.647. The molecule has 1 heterocycles. The third-order valence-corrected chi connectivity index (χ3v) is 4.66. The van der Waals surface area contributed by atoms with E-state index in [-0.39, 0.29) is 0 Å². The van der Waals surface area contributed by atoms with E-state index in [0.29, 0.717) is 0 Å². The fourth-order valence-corrected chi connectivity index (χ4v) is 3.32. The van der Waals surface area contributed by atoms with E-state index in [2.05, 4.69) is 42.3 Å². The molecular weight excluding hydrogens is 268 g/mol. The molecule has 0 aliphatic carbocycles. The monoisotopic (exact) mass is 294 g/mol. The maximum Gasteiger partial charge on any atom is 0.0642 e. The Morgan fingerprint density at radius 3 is 2.80 bits per heavy atom. The number of hydrogen-bond donors (Lipinski definition) is 1. The molecule has 2 nitrogen and oxygen atoms in total. The van der Waals surface area contributed by atoms with Crippen LogP contribution in [0.4, 0.5) is 5.69 Å². The van der Waals surface area contributed by atoms with Gasteiger partial charge in [-0.2, -0.15) is 0 Å². The van der Waals surface area contributed by atoms with Gasteiger partial charge in [-0.05, 0) is 49.4 Å². The van der Waals surface area contributed by atoms with Crippen LogP contribution in [0.3, 0.4) is 0 Å². The topological polar surface area (TPSA) is 15.3 Å². The second-order valence-electron chi connectivity index (χ2n) is 5.76. The molecular formula is C17H27ClN2. The molecule has 112 valence electrons. The lowest BCUT2D eigenvalue weighted by molar-refractivity contribution is 0.459. The van der Waals surface area contributed by atoms with Gasteiger partial charge in [0.2, 0.25) is 0 Å². The van der Waals surface area contributed by atoms with Crippen molar-refractivity contribution < 1.29 is 0 Å². The normalized spacial score (nSPS) is 19.9. The van der Waals surface area contributed by atoms with Gasteiger partial charge in [-0.1, -0.05) is 37.9 Å². The Labute approximate surface area is 128 Å². The summed E-state index contributed by atoms with van der Waals surface area (Å²) in [5.41, 5.74) is 2.48. The van der Waals surface area contributed by atoms with E-state index >= 15 is 0 Å². The minimum Gasteiger partial charge on any atom is -0.370 e. The van der Waals surface area contributed by atoms with Gasteiger partial charge in [0.05, 0.1) is 10.7 Å². The average Bonchev–Trinajstić information content (AvgIpc) is 2.70. The third-order valence-electron chi connectivity index (χ3n) is 4.36. The van der Waals surface area contributed by atoms with E-state index in [1.165, 1.54) is 36.9 Å². The Kier molecular flexibility index (Phi) is 6.18. The Morgan fingerprint density at radius 1 is 1.25 bits per heavy atom. The molecule has 20 heavy (non-hydrogen) atoms. The van der Waals surface area contributed by atoms with Crippen LogP contribution in [0.5, 0.6) is 0 Å². The van der Waals surface area contributed by atoms with Crippen molar-refractivity contribution >= 4 is 17.3 Å². The van der Waals surface area contributed by atoms with E-state index < -0.39 is 0 Å². The van der Waals surface area contributed by atoms with Gasteiger partial charge < -0.3 is 10.2 Å². The molecule has 1 aliphatic rings. The van der Waals surface area contributed by atoms with Crippen molar-refractivity contribution in [2.45, 2.75) is 46.1 Å². The molecule has 1 N–H and O–H groups in total. The van der Waals surface area contributed by atoms with Crippen molar-refractivity contribution in [1.29, 1.82) is 0 Å². The summed E-state index contributed by atoms with van der Waals surface area (Å²) in [5, 5.41) is 4.24. The first-order valence-corrected chi connectivity index (χ1v) is 8.36. The standard InChI is InChI=1S/C17H27ClN2/c1-3-14-6-5-10-20(11-9-14)17-8-7-15(12-16(17)18)13-19-4-2/h7-8,12,14,19H,3-6,9-11,13H2,1-2H3. The van der Waals surface area contributed by atoms with E-state index in [4.69, 9.17) is 11.6 Å². The number of nitrogens with zero attached hydrogens (tertiary/aromatic N) is 1. The summed E-state index contributed by atoms with van der Waals surface area (Å²) in [5.74, 6) is 0.895. The third kappa shape index (κ3) is 4.13. The Balaban J connectivity index is 2.04. The van der Waals surface area contributed by atoms with Crippen molar-refractivity contribution in [3.8, 4) is 0 Å². The quantitative estimate of drug-likeness (QED) is 0.862. The highest BCUT2D eigenvalue weighted by atomic mass is 35.5. The minimum absolute atomic E-state index is 0.895. The van der Waals surface area contributed by atoms with Gasteiger partial charge in [0.1, 0.15) is 0 Å². The van der Waals surface area contributed by atoms with Crippen LogP contribution >= 0.6 is 11.6 Å². The van der Waals surface area contributed by atoms with Crippen LogP contribution < -0.4 is 10.2 Å². The number of halogens is 1. The van der Waals surface area contributed by atoms with Crippen molar-refractivity contribution in [1.82, 2.24) is 5.32 Å². The number of rotatable bonds is 5. The number of nitrogens with one attached hydrogen (secondary N) is 1. The first-order valence-electron chi connectivity index (χ1n) is 7.98. The second kappa shape index (κ2) is 7.90. The van der Waals surface area contributed by atoms with Crippen molar-refractivity contribution in [2.24, 2.45) is 5.92 Å². The molecule has 0 saturated carbocycles. The highest BCUT2D eigenvalue weighted by Crippen LogP contribution is 2.30. The number of benzene rings is 1. The van der Waals surface area contributed by atoms with Crippen LogP contribution in [0, 0.1) is 5.92 Å². The Bertz CT molecular complexity index is 419. The molecule has 0 radical (unpaired) electrons. The summed E-state index contributed by atoms with van der Waals surface area (Å²) in [7, 11) is 0. The van der Waals surface area contributed by atoms with Gasteiger partial charge in [-0.3, -0.25) is 0 Å². The van der Waals surface area contributed by atoms with Crippen LogP contribution in [0.2, 0.25) is 5.02 Å². The maximum atomic E-state index is 6.50. The molecule has 0 bridgehead atoms. The summed E-state index contributed by atoms with van der Waals surface area (Å²) in [4.78, 5) is 2.47. The van der Waals surface area contributed by atoms with Gasteiger partial charge in [-0.25, -0.2) is 0 Å². The highest BCUT2D eigenvalue weighted by Gasteiger charge is 2.17. The van der Waals surface area contributed by atoms with Crippen LogP contribution in [-0.2, 0) is 6.54 Å². The Hall–Kier alpha value is -0.730. The minimum atomic E-state index is 0.895. The van der Waals surface area contributed by atoms with E-state index in [1.807, 2.05) is 0 Å². The summed E-state index contributed by atoms with van der Waals surface area (Å²) in [6.07, 6.45) is 5.26. The van der Waals surface area contributed by atoms with E-state index in [9.17, 15) is 0 Å². The van der Waals surface area contributed by atoms with Gasteiger partial charge in [0, 0.05) is 19.6 Å². The zero-order valence-corrected chi connectivity index (χ0v) is 13.5. The number of hydrogen-bond acceptors (Lipinski definition) is 2. The summed E-state index contributed by atoms with van der Waals surface area (Å²) in [6, 6.07) is 6.51. The molecule has 2 rings (SSSR count). The van der Waals surface area contributed by atoms with Gasteiger partial charge in [-0.15, -0.1) is 0 Å². The van der Waals surface area contributed by atoms with Gasteiger partial charge in [0.25, 0.3) is 0 Å². The lowest BCUT2D eigenvalue weighted by Crippen LogP contribution is -2.24. The average molecular weight is 295 g/mol. The largest absolute Gasteiger partial charge is 0.370 e. The predicted molar refractivity (Wildman–Crippen MR) is 88.7 cm³/mol. The molecule has 0 amide bonds. The zero-order valence-electron chi connectivity index (χ0n) is 12.8. The van der Waals surface area contributed by atoms with Crippen molar-refractivity contribution in [3.63, 3.8) is 0 Å². The molecule has 0 spiro atoms. The van der Waals surface area contributed by atoms with E-state index in [0.717, 1.165) is 37.1 Å². The smallest absolute Gasteiger partial charge is 0.0642 e. The predicted octanol–water partition coefficient (Wildman–Crippen LogP) is 4.47. The molecule has 1 fully saturated rings. The van der Waals surface area contributed by atoms with Crippen LogP contribution in [0.25, 0.3) is 0 Å². The maximum absolute atomic E-state index is 6.50. The van der Waals surface area contributed by atoms with Gasteiger partial charge in [0.15, 0.2) is 0 Å². The van der Waals surface area contributed by atoms with Crippen LogP contribution in [-0.4, -0.2) is 19.6 Å². The molecule has 0 aromatic heterocycles. The van der Waals surface area contributed by atoms with E-state index in [1.54, 1.807) is 0 Å².